The number of ether oxygens (including phenoxy) is 1. The lowest BCUT2D eigenvalue weighted by Gasteiger charge is -2.07. The van der Waals surface area contributed by atoms with Crippen LogP contribution in [0.15, 0.2) is 72.9 Å². The van der Waals surface area contributed by atoms with Gasteiger partial charge in [-0.2, -0.15) is 0 Å². The largest absolute Gasteiger partial charge is 0.508 e. The molecule has 0 saturated heterocycles. The molecular formula is C21H15NO3. The van der Waals surface area contributed by atoms with Gasteiger partial charge in [-0.3, -0.25) is 4.98 Å². The predicted molar refractivity (Wildman–Crippen MR) is 96.5 cm³/mol. The van der Waals surface area contributed by atoms with Crippen molar-refractivity contribution in [3.05, 3.63) is 84.1 Å². The topological polar surface area (TPSA) is 59.4 Å². The Kier molecular flexibility index (Phi) is 3.78. The van der Waals surface area contributed by atoms with E-state index >= 15 is 0 Å². The van der Waals surface area contributed by atoms with Crippen LogP contribution in [0.4, 0.5) is 0 Å². The first-order valence-electron chi connectivity index (χ1n) is 7.93. The smallest absolute Gasteiger partial charge is 0.338 e. The molecular weight excluding hydrogens is 314 g/mol. The van der Waals surface area contributed by atoms with Gasteiger partial charge in [0.15, 0.2) is 0 Å². The highest BCUT2D eigenvalue weighted by molar-refractivity contribution is 5.95. The fraction of sp³-hybridized carbons (Fsp3) is 0.0476. The molecule has 0 unspecified atom stereocenters. The zero-order chi connectivity index (χ0) is 17.2. The van der Waals surface area contributed by atoms with Gasteiger partial charge in [0.1, 0.15) is 12.4 Å². The number of phenols is 1. The standard InChI is InChI=1S/C21H15NO3/c23-19-8-7-15-10-18(6-5-16(15)11-19)21(24)25-13-14-9-17-3-1-2-4-20(17)22-12-14/h1-12,23H,13H2. The minimum Gasteiger partial charge on any atom is -0.508 e. The maximum absolute atomic E-state index is 12.3. The summed E-state index contributed by atoms with van der Waals surface area (Å²) >= 11 is 0. The number of benzene rings is 3. The number of carbonyl (C=O) groups is 1. The lowest BCUT2D eigenvalue weighted by Crippen LogP contribution is -2.05. The van der Waals surface area contributed by atoms with E-state index in [-0.39, 0.29) is 18.3 Å². The number of phenolic OH excluding ortho intramolecular Hbond substituents is 1. The van der Waals surface area contributed by atoms with Gasteiger partial charge in [-0.05, 0) is 47.2 Å². The highest BCUT2D eigenvalue weighted by Gasteiger charge is 2.09. The van der Waals surface area contributed by atoms with Crippen molar-refractivity contribution in [2.24, 2.45) is 0 Å². The summed E-state index contributed by atoms with van der Waals surface area (Å²) in [6.07, 6.45) is 1.72. The fourth-order valence-electron chi connectivity index (χ4n) is 2.79. The fourth-order valence-corrected chi connectivity index (χ4v) is 2.79. The Morgan fingerprint density at radius 3 is 2.64 bits per heavy atom. The summed E-state index contributed by atoms with van der Waals surface area (Å²) in [5.74, 6) is -0.185. The van der Waals surface area contributed by atoms with E-state index < -0.39 is 0 Å². The highest BCUT2D eigenvalue weighted by Crippen LogP contribution is 2.22. The first-order valence-corrected chi connectivity index (χ1v) is 7.93. The van der Waals surface area contributed by atoms with Crippen molar-refractivity contribution >= 4 is 27.6 Å². The number of pyridine rings is 1. The van der Waals surface area contributed by atoms with Gasteiger partial charge in [0.2, 0.25) is 0 Å². The highest BCUT2D eigenvalue weighted by atomic mass is 16.5. The van der Waals surface area contributed by atoms with Crippen LogP contribution in [0, 0.1) is 0 Å². The van der Waals surface area contributed by atoms with Crippen LogP contribution in [-0.2, 0) is 11.3 Å². The maximum atomic E-state index is 12.3. The van der Waals surface area contributed by atoms with Gasteiger partial charge in [-0.15, -0.1) is 0 Å². The monoisotopic (exact) mass is 329 g/mol. The number of aromatic hydroxyl groups is 1. The Hall–Kier alpha value is -3.40. The zero-order valence-electron chi connectivity index (χ0n) is 13.3. The molecule has 0 radical (unpaired) electrons. The summed E-state index contributed by atoms with van der Waals surface area (Å²) < 4.78 is 5.41. The van der Waals surface area contributed by atoms with E-state index in [1.807, 2.05) is 30.3 Å². The van der Waals surface area contributed by atoms with Gasteiger partial charge in [0, 0.05) is 17.1 Å². The maximum Gasteiger partial charge on any atom is 0.338 e. The van der Waals surface area contributed by atoms with Gasteiger partial charge in [0.05, 0.1) is 11.1 Å². The molecule has 0 aliphatic heterocycles. The molecule has 1 heterocycles. The molecule has 0 amide bonds. The number of rotatable bonds is 3. The Morgan fingerprint density at radius 1 is 0.920 bits per heavy atom. The van der Waals surface area contributed by atoms with Crippen LogP contribution in [-0.4, -0.2) is 16.1 Å². The summed E-state index contributed by atoms with van der Waals surface area (Å²) in [7, 11) is 0. The first-order chi connectivity index (χ1) is 12.2. The molecule has 0 saturated carbocycles. The van der Waals surface area contributed by atoms with Crippen molar-refractivity contribution in [2.45, 2.75) is 6.61 Å². The Morgan fingerprint density at radius 2 is 1.72 bits per heavy atom. The Bertz CT molecular complexity index is 1090. The van der Waals surface area contributed by atoms with Crippen molar-refractivity contribution in [3.8, 4) is 5.75 Å². The normalized spacial score (nSPS) is 10.9. The average Bonchev–Trinajstić information content (AvgIpc) is 2.65. The molecule has 0 atom stereocenters. The second-order valence-electron chi connectivity index (χ2n) is 5.86. The number of carbonyl (C=O) groups excluding carboxylic acids is 1. The second kappa shape index (κ2) is 6.24. The predicted octanol–water partition coefficient (Wildman–Crippen LogP) is 4.45. The minimum atomic E-state index is -0.386. The van der Waals surface area contributed by atoms with E-state index in [1.165, 1.54) is 0 Å². The molecule has 1 N–H and O–H groups in total. The van der Waals surface area contributed by atoms with Crippen molar-refractivity contribution < 1.29 is 14.6 Å². The Labute approximate surface area is 144 Å². The molecule has 0 aliphatic rings. The van der Waals surface area contributed by atoms with E-state index in [0.717, 1.165) is 27.2 Å². The van der Waals surface area contributed by atoms with E-state index in [0.29, 0.717) is 5.56 Å². The third kappa shape index (κ3) is 3.15. The number of para-hydroxylation sites is 1. The van der Waals surface area contributed by atoms with Crippen molar-refractivity contribution in [3.63, 3.8) is 0 Å². The first kappa shape index (κ1) is 15.1. The molecule has 1 aromatic heterocycles. The van der Waals surface area contributed by atoms with E-state index in [2.05, 4.69) is 4.98 Å². The summed E-state index contributed by atoms with van der Waals surface area (Å²) in [5.41, 5.74) is 2.24. The van der Waals surface area contributed by atoms with Gasteiger partial charge >= 0.3 is 5.97 Å². The molecule has 4 nitrogen and oxygen atoms in total. The summed E-state index contributed by atoms with van der Waals surface area (Å²) in [4.78, 5) is 16.7. The van der Waals surface area contributed by atoms with Crippen LogP contribution in [0.25, 0.3) is 21.7 Å². The van der Waals surface area contributed by atoms with Crippen LogP contribution < -0.4 is 0 Å². The SMILES string of the molecule is O=C(OCc1cnc2ccccc2c1)c1ccc2cc(O)ccc2c1. The van der Waals surface area contributed by atoms with Crippen molar-refractivity contribution in [1.29, 1.82) is 0 Å². The van der Waals surface area contributed by atoms with E-state index in [4.69, 9.17) is 4.74 Å². The minimum absolute atomic E-state index is 0.171. The van der Waals surface area contributed by atoms with Crippen LogP contribution in [0.5, 0.6) is 5.75 Å². The molecule has 122 valence electrons. The number of nitrogens with zero attached hydrogens (tertiary/aromatic N) is 1. The molecule has 0 spiro atoms. The van der Waals surface area contributed by atoms with E-state index in [9.17, 15) is 9.90 Å². The lowest BCUT2D eigenvalue weighted by molar-refractivity contribution is 0.0472. The third-order valence-corrected chi connectivity index (χ3v) is 4.08. The van der Waals surface area contributed by atoms with E-state index in [1.54, 1.807) is 42.6 Å². The van der Waals surface area contributed by atoms with Crippen LogP contribution in [0.2, 0.25) is 0 Å². The van der Waals surface area contributed by atoms with Crippen LogP contribution >= 0.6 is 0 Å². The van der Waals surface area contributed by atoms with Crippen molar-refractivity contribution in [2.75, 3.05) is 0 Å². The third-order valence-electron chi connectivity index (χ3n) is 4.08. The number of esters is 1. The number of hydrogen-bond donors (Lipinski definition) is 1. The summed E-state index contributed by atoms with van der Waals surface area (Å²) in [5, 5.41) is 12.3. The molecule has 4 rings (SSSR count). The summed E-state index contributed by atoms with van der Waals surface area (Å²) in [6.45, 7) is 0.171. The zero-order valence-corrected chi connectivity index (χ0v) is 13.3. The molecule has 4 aromatic rings. The van der Waals surface area contributed by atoms with Crippen LogP contribution in [0.1, 0.15) is 15.9 Å². The molecule has 25 heavy (non-hydrogen) atoms. The van der Waals surface area contributed by atoms with Gasteiger partial charge in [0.25, 0.3) is 0 Å². The number of hydrogen-bond acceptors (Lipinski definition) is 4. The Balaban J connectivity index is 1.52. The molecule has 0 fully saturated rings. The van der Waals surface area contributed by atoms with Gasteiger partial charge < -0.3 is 9.84 Å². The summed E-state index contributed by atoms with van der Waals surface area (Å²) in [6, 6.07) is 20.1. The molecule has 0 bridgehead atoms. The second-order valence-corrected chi connectivity index (χ2v) is 5.86. The average molecular weight is 329 g/mol. The van der Waals surface area contributed by atoms with Crippen LogP contribution in [0.3, 0.4) is 0 Å². The molecule has 4 heteroatoms. The van der Waals surface area contributed by atoms with Gasteiger partial charge in [-0.25, -0.2) is 4.79 Å². The molecule has 3 aromatic carbocycles. The van der Waals surface area contributed by atoms with Crippen molar-refractivity contribution in [1.82, 2.24) is 4.98 Å². The quantitative estimate of drug-likeness (QED) is 0.564. The number of aromatic nitrogens is 1. The molecule has 0 aliphatic carbocycles. The lowest BCUT2D eigenvalue weighted by atomic mass is 10.1. The number of fused-ring (bicyclic) bond motifs is 2. The van der Waals surface area contributed by atoms with Gasteiger partial charge in [-0.1, -0.05) is 30.3 Å².